The van der Waals surface area contributed by atoms with Crippen molar-refractivity contribution in [3.05, 3.63) is 41.4 Å². The molecule has 1 saturated heterocycles. The molecular weight excluding hydrogens is 248 g/mol. The highest BCUT2D eigenvalue weighted by molar-refractivity contribution is 6.31. The maximum atomic E-state index is 9.10. The van der Waals surface area contributed by atoms with Gasteiger partial charge in [-0.2, -0.15) is 0 Å². The van der Waals surface area contributed by atoms with Gasteiger partial charge in [-0.25, -0.2) is 0 Å². The van der Waals surface area contributed by atoms with E-state index in [0.29, 0.717) is 5.02 Å². The van der Waals surface area contributed by atoms with Crippen LogP contribution in [0.25, 0.3) is 0 Å². The van der Waals surface area contributed by atoms with Crippen LogP contribution in [0, 0.1) is 0 Å². The van der Waals surface area contributed by atoms with E-state index in [2.05, 4.69) is 16.4 Å². The number of nitrogens with zero attached hydrogens (tertiary/aromatic N) is 2. The zero-order valence-corrected chi connectivity index (χ0v) is 11.2. The summed E-state index contributed by atoms with van der Waals surface area (Å²) in [6.45, 7) is 8.81. The van der Waals surface area contributed by atoms with E-state index < -0.39 is 0 Å². The van der Waals surface area contributed by atoms with Gasteiger partial charge in [-0.05, 0) is 17.7 Å². The van der Waals surface area contributed by atoms with Gasteiger partial charge in [0.25, 0.3) is 0 Å². The van der Waals surface area contributed by atoms with E-state index in [1.807, 2.05) is 24.3 Å². The molecule has 4 heteroatoms. The van der Waals surface area contributed by atoms with Gasteiger partial charge >= 0.3 is 0 Å². The minimum Gasteiger partial charge on any atom is -0.392 e. The highest BCUT2D eigenvalue weighted by Gasteiger charge is 2.16. The van der Waals surface area contributed by atoms with E-state index in [9.17, 15) is 0 Å². The van der Waals surface area contributed by atoms with Gasteiger partial charge in [0.2, 0.25) is 0 Å². The molecule has 0 unspecified atom stereocenters. The number of aliphatic hydroxyl groups is 1. The van der Waals surface area contributed by atoms with Crippen molar-refractivity contribution in [2.45, 2.75) is 6.61 Å². The molecule has 0 aromatic heterocycles. The van der Waals surface area contributed by atoms with Gasteiger partial charge in [0.15, 0.2) is 0 Å². The van der Waals surface area contributed by atoms with Gasteiger partial charge in [0, 0.05) is 43.4 Å². The van der Waals surface area contributed by atoms with Gasteiger partial charge in [-0.1, -0.05) is 23.7 Å². The molecule has 2 rings (SSSR count). The fourth-order valence-corrected chi connectivity index (χ4v) is 2.47. The topological polar surface area (TPSA) is 26.7 Å². The minimum atomic E-state index is -0.00771. The van der Waals surface area contributed by atoms with Gasteiger partial charge in [0.05, 0.1) is 6.61 Å². The van der Waals surface area contributed by atoms with Crippen LogP contribution < -0.4 is 4.90 Å². The summed E-state index contributed by atoms with van der Waals surface area (Å²) in [5, 5.41) is 9.74. The average Bonchev–Trinajstić information content (AvgIpc) is 2.40. The SMILES string of the molecule is C=CCN1CCN(c2ccc(CO)c(Cl)c2)CC1. The molecule has 1 N–H and O–H groups in total. The van der Waals surface area contributed by atoms with Crippen LogP contribution in [-0.4, -0.2) is 42.7 Å². The largest absolute Gasteiger partial charge is 0.392 e. The van der Waals surface area contributed by atoms with Gasteiger partial charge in [-0.3, -0.25) is 4.90 Å². The van der Waals surface area contributed by atoms with Crippen molar-refractivity contribution in [2.24, 2.45) is 0 Å². The second kappa shape index (κ2) is 6.23. The Kier molecular flexibility index (Phi) is 4.64. The van der Waals surface area contributed by atoms with Crippen LogP contribution in [0.3, 0.4) is 0 Å². The van der Waals surface area contributed by atoms with Gasteiger partial charge < -0.3 is 10.0 Å². The van der Waals surface area contributed by atoms with Crippen LogP contribution in [0.2, 0.25) is 5.02 Å². The zero-order valence-electron chi connectivity index (χ0n) is 10.5. The summed E-state index contributed by atoms with van der Waals surface area (Å²) in [7, 11) is 0. The Hall–Kier alpha value is -1.03. The van der Waals surface area contributed by atoms with Crippen molar-refractivity contribution in [3.8, 4) is 0 Å². The second-order valence-corrected chi connectivity index (χ2v) is 4.92. The summed E-state index contributed by atoms with van der Waals surface area (Å²) in [6, 6.07) is 5.87. The summed E-state index contributed by atoms with van der Waals surface area (Å²) in [5.41, 5.74) is 1.92. The number of benzene rings is 1. The number of anilines is 1. The lowest BCUT2D eigenvalue weighted by atomic mass is 10.2. The van der Waals surface area contributed by atoms with Crippen molar-refractivity contribution < 1.29 is 5.11 Å². The zero-order chi connectivity index (χ0) is 13.0. The number of piperazine rings is 1. The molecule has 3 nitrogen and oxygen atoms in total. The molecule has 0 spiro atoms. The van der Waals surface area contributed by atoms with E-state index in [4.69, 9.17) is 16.7 Å². The highest BCUT2D eigenvalue weighted by Crippen LogP contribution is 2.24. The predicted octanol–water partition coefficient (Wildman–Crippen LogP) is 2.14. The van der Waals surface area contributed by atoms with Crippen LogP contribution in [0.5, 0.6) is 0 Å². The van der Waals surface area contributed by atoms with E-state index in [-0.39, 0.29) is 6.61 Å². The van der Waals surface area contributed by atoms with Crippen LogP contribution in [0.1, 0.15) is 5.56 Å². The van der Waals surface area contributed by atoms with E-state index >= 15 is 0 Å². The molecule has 1 aromatic rings. The Bertz CT molecular complexity index is 414. The molecule has 1 aliphatic rings. The predicted molar refractivity (Wildman–Crippen MR) is 76.2 cm³/mol. The smallest absolute Gasteiger partial charge is 0.0696 e. The Morgan fingerprint density at radius 3 is 2.56 bits per heavy atom. The number of hydrogen-bond donors (Lipinski definition) is 1. The summed E-state index contributed by atoms with van der Waals surface area (Å²) < 4.78 is 0. The summed E-state index contributed by atoms with van der Waals surface area (Å²) in [4.78, 5) is 4.71. The molecule has 1 heterocycles. The quantitative estimate of drug-likeness (QED) is 0.846. The number of aliphatic hydroxyl groups excluding tert-OH is 1. The molecule has 0 amide bonds. The fourth-order valence-electron chi connectivity index (χ4n) is 2.23. The van der Waals surface area contributed by atoms with Gasteiger partial charge in [0.1, 0.15) is 0 Å². The van der Waals surface area contributed by atoms with Crippen molar-refractivity contribution in [3.63, 3.8) is 0 Å². The first-order valence-electron chi connectivity index (χ1n) is 6.22. The number of hydrogen-bond acceptors (Lipinski definition) is 3. The maximum Gasteiger partial charge on any atom is 0.0696 e. The monoisotopic (exact) mass is 266 g/mol. The number of halogens is 1. The molecule has 1 aromatic carbocycles. The summed E-state index contributed by atoms with van der Waals surface area (Å²) in [5.74, 6) is 0. The molecule has 0 bridgehead atoms. The maximum absolute atomic E-state index is 9.10. The number of rotatable bonds is 4. The Morgan fingerprint density at radius 2 is 2.00 bits per heavy atom. The standard InChI is InChI=1S/C14H19ClN2O/c1-2-5-16-6-8-17(9-7-16)13-4-3-12(11-18)14(15)10-13/h2-4,10,18H,1,5-9,11H2. The third kappa shape index (κ3) is 3.05. The molecule has 1 fully saturated rings. The van der Waals surface area contributed by atoms with E-state index in [1.54, 1.807) is 0 Å². The van der Waals surface area contributed by atoms with E-state index in [0.717, 1.165) is 44.0 Å². The molecule has 0 radical (unpaired) electrons. The Labute approximate surface area is 113 Å². The molecular formula is C14H19ClN2O. The molecule has 0 saturated carbocycles. The Balaban J connectivity index is 2.01. The van der Waals surface area contributed by atoms with Crippen molar-refractivity contribution in [2.75, 3.05) is 37.6 Å². The lowest BCUT2D eigenvalue weighted by Gasteiger charge is -2.35. The molecule has 18 heavy (non-hydrogen) atoms. The second-order valence-electron chi connectivity index (χ2n) is 4.51. The van der Waals surface area contributed by atoms with E-state index in [1.165, 1.54) is 0 Å². The summed E-state index contributed by atoms with van der Waals surface area (Å²) >= 11 is 6.12. The lowest BCUT2D eigenvalue weighted by molar-refractivity contribution is 0.281. The van der Waals surface area contributed by atoms with Crippen LogP contribution in [-0.2, 0) is 6.61 Å². The first-order valence-corrected chi connectivity index (χ1v) is 6.60. The Morgan fingerprint density at radius 1 is 1.28 bits per heavy atom. The normalized spacial score (nSPS) is 16.9. The summed E-state index contributed by atoms with van der Waals surface area (Å²) in [6.07, 6.45) is 1.95. The fraction of sp³-hybridized carbons (Fsp3) is 0.429. The van der Waals surface area contributed by atoms with Crippen LogP contribution >= 0.6 is 11.6 Å². The lowest BCUT2D eigenvalue weighted by Crippen LogP contribution is -2.46. The van der Waals surface area contributed by atoms with Crippen molar-refractivity contribution in [1.82, 2.24) is 4.90 Å². The van der Waals surface area contributed by atoms with Crippen LogP contribution in [0.4, 0.5) is 5.69 Å². The molecule has 0 atom stereocenters. The average molecular weight is 267 g/mol. The third-order valence-electron chi connectivity index (χ3n) is 3.33. The third-order valence-corrected chi connectivity index (χ3v) is 3.68. The van der Waals surface area contributed by atoms with Crippen molar-refractivity contribution in [1.29, 1.82) is 0 Å². The van der Waals surface area contributed by atoms with Crippen molar-refractivity contribution >= 4 is 17.3 Å². The highest BCUT2D eigenvalue weighted by atomic mass is 35.5. The first kappa shape index (κ1) is 13.4. The first-order chi connectivity index (χ1) is 8.74. The minimum absolute atomic E-state index is 0.00771. The molecule has 98 valence electrons. The molecule has 1 aliphatic heterocycles. The van der Waals surface area contributed by atoms with Gasteiger partial charge in [-0.15, -0.1) is 6.58 Å². The van der Waals surface area contributed by atoms with Crippen LogP contribution in [0.15, 0.2) is 30.9 Å². The molecule has 0 aliphatic carbocycles.